The minimum absolute atomic E-state index is 0.0902. The second-order valence-electron chi connectivity index (χ2n) is 4.76. The summed E-state index contributed by atoms with van der Waals surface area (Å²) in [6.45, 7) is 6.17. The molecule has 4 atom stereocenters. The minimum Gasteiger partial charge on any atom is -0.373 e. The van der Waals surface area contributed by atoms with Gasteiger partial charge in [-0.2, -0.15) is 0 Å². The van der Waals surface area contributed by atoms with E-state index >= 15 is 0 Å². The van der Waals surface area contributed by atoms with E-state index in [4.69, 9.17) is 15.2 Å². The molecule has 0 aromatic heterocycles. The van der Waals surface area contributed by atoms with Crippen molar-refractivity contribution in [3.8, 4) is 0 Å². The van der Waals surface area contributed by atoms with Crippen molar-refractivity contribution in [2.45, 2.75) is 44.4 Å². The molecule has 3 heteroatoms. The van der Waals surface area contributed by atoms with E-state index in [9.17, 15) is 0 Å². The maximum atomic E-state index is 6.24. The quantitative estimate of drug-likeness (QED) is 0.648. The Bertz CT molecular complexity index is 185. The zero-order valence-electron chi connectivity index (χ0n) is 8.45. The Morgan fingerprint density at radius 3 is 2.38 bits per heavy atom. The van der Waals surface area contributed by atoms with Crippen LogP contribution in [-0.4, -0.2) is 31.0 Å². The predicted octanol–water partition coefficient (Wildman–Crippen LogP) is 0.918. The maximum Gasteiger partial charge on any atom is 0.0827 e. The van der Waals surface area contributed by atoms with Gasteiger partial charge in [-0.3, -0.25) is 0 Å². The van der Waals surface area contributed by atoms with Gasteiger partial charge in [0.2, 0.25) is 0 Å². The normalized spacial score (nSPS) is 38.1. The molecule has 0 bridgehead atoms. The number of nitrogens with two attached hydrogens (primary N) is 1. The van der Waals surface area contributed by atoms with Crippen LogP contribution in [0.25, 0.3) is 0 Å². The van der Waals surface area contributed by atoms with Crippen molar-refractivity contribution in [2.75, 3.05) is 13.2 Å². The molecular weight excluding hydrogens is 166 g/mol. The highest BCUT2D eigenvalue weighted by atomic mass is 16.6. The van der Waals surface area contributed by atoms with Crippen LogP contribution in [-0.2, 0) is 9.47 Å². The molecule has 0 saturated carbocycles. The van der Waals surface area contributed by atoms with Crippen LogP contribution >= 0.6 is 0 Å². The van der Waals surface area contributed by atoms with Gasteiger partial charge in [0.05, 0.1) is 25.4 Å². The van der Waals surface area contributed by atoms with E-state index in [0.29, 0.717) is 18.1 Å². The van der Waals surface area contributed by atoms with Gasteiger partial charge in [-0.25, -0.2) is 0 Å². The van der Waals surface area contributed by atoms with Gasteiger partial charge in [0.25, 0.3) is 0 Å². The molecule has 0 aromatic carbocycles. The summed E-state index contributed by atoms with van der Waals surface area (Å²) in [6, 6.07) is 0. The molecule has 0 amide bonds. The first-order chi connectivity index (χ1) is 6.08. The topological polar surface area (TPSA) is 51.1 Å². The standard InChI is InChI=1S/C10H19NO2/c1-7(3-8-5-12-8)10(2,11)4-9-6-13-9/h7-9H,3-6,11H2,1-2H3. The number of ether oxygens (including phenoxy) is 2. The molecule has 76 valence electrons. The lowest BCUT2D eigenvalue weighted by molar-refractivity contribution is 0.231. The van der Waals surface area contributed by atoms with Crippen molar-refractivity contribution in [1.82, 2.24) is 0 Å². The van der Waals surface area contributed by atoms with Gasteiger partial charge in [0.15, 0.2) is 0 Å². The van der Waals surface area contributed by atoms with Crippen LogP contribution in [0, 0.1) is 5.92 Å². The fourth-order valence-electron chi connectivity index (χ4n) is 1.75. The van der Waals surface area contributed by atoms with Crippen molar-refractivity contribution in [3.63, 3.8) is 0 Å². The zero-order chi connectivity index (χ0) is 9.47. The van der Waals surface area contributed by atoms with E-state index in [2.05, 4.69) is 13.8 Å². The van der Waals surface area contributed by atoms with E-state index in [1.807, 2.05) is 0 Å². The number of epoxide rings is 2. The van der Waals surface area contributed by atoms with Crippen LogP contribution in [0.4, 0.5) is 0 Å². The highest BCUT2D eigenvalue weighted by Crippen LogP contribution is 2.31. The first-order valence-electron chi connectivity index (χ1n) is 5.10. The molecule has 0 aliphatic carbocycles. The Morgan fingerprint density at radius 2 is 1.92 bits per heavy atom. The Balaban J connectivity index is 1.79. The fourth-order valence-corrected chi connectivity index (χ4v) is 1.75. The second-order valence-corrected chi connectivity index (χ2v) is 4.76. The summed E-state index contributed by atoms with van der Waals surface area (Å²) >= 11 is 0. The summed E-state index contributed by atoms with van der Waals surface area (Å²) in [5, 5.41) is 0. The predicted molar refractivity (Wildman–Crippen MR) is 50.5 cm³/mol. The number of rotatable bonds is 5. The average Bonchev–Trinajstić information content (AvgIpc) is 2.81. The third kappa shape index (κ3) is 2.66. The summed E-state index contributed by atoms with van der Waals surface area (Å²) in [5.74, 6) is 0.518. The lowest BCUT2D eigenvalue weighted by Crippen LogP contribution is -2.44. The lowest BCUT2D eigenvalue weighted by Gasteiger charge is -2.30. The molecule has 2 aliphatic rings. The van der Waals surface area contributed by atoms with E-state index in [1.54, 1.807) is 0 Å². The van der Waals surface area contributed by atoms with Gasteiger partial charge in [-0.05, 0) is 25.7 Å². The van der Waals surface area contributed by atoms with Crippen molar-refractivity contribution in [2.24, 2.45) is 11.7 Å². The van der Waals surface area contributed by atoms with E-state index in [0.717, 1.165) is 26.1 Å². The SMILES string of the molecule is CC(CC1CO1)C(C)(N)CC1CO1. The van der Waals surface area contributed by atoms with E-state index in [1.165, 1.54) is 0 Å². The molecule has 0 aromatic rings. The molecule has 4 unspecified atom stereocenters. The summed E-state index contributed by atoms with van der Waals surface area (Å²) in [6.07, 6.45) is 3.00. The van der Waals surface area contributed by atoms with Gasteiger partial charge >= 0.3 is 0 Å². The van der Waals surface area contributed by atoms with Gasteiger partial charge in [-0.1, -0.05) is 6.92 Å². The monoisotopic (exact) mass is 185 g/mol. The second kappa shape index (κ2) is 3.23. The molecular formula is C10H19NO2. The van der Waals surface area contributed by atoms with Gasteiger partial charge in [0, 0.05) is 5.54 Å². The van der Waals surface area contributed by atoms with Crippen LogP contribution in [0.1, 0.15) is 26.7 Å². The zero-order valence-corrected chi connectivity index (χ0v) is 8.45. The van der Waals surface area contributed by atoms with Crippen molar-refractivity contribution in [1.29, 1.82) is 0 Å². The summed E-state index contributed by atoms with van der Waals surface area (Å²) < 4.78 is 10.4. The molecule has 13 heavy (non-hydrogen) atoms. The van der Waals surface area contributed by atoms with Crippen LogP contribution in [0.3, 0.4) is 0 Å². The van der Waals surface area contributed by atoms with Crippen molar-refractivity contribution >= 4 is 0 Å². The summed E-state index contributed by atoms with van der Waals surface area (Å²) in [4.78, 5) is 0. The molecule has 2 N–H and O–H groups in total. The molecule has 0 radical (unpaired) electrons. The highest BCUT2D eigenvalue weighted by Gasteiger charge is 2.38. The van der Waals surface area contributed by atoms with Gasteiger partial charge in [-0.15, -0.1) is 0 Å². The van der Waals surface area contributed by atoms with E-state index < -0.39 is 0 Å². The Hall–Kier alpha value is -0.120. The number of hydrogen-bond donors (Lipinski definition) is 1. The van der Waals surface area contributed by atoms with Gasteiger partial charge in [0.1, 0.15) is 0 Å². The van der Waals surface area contributed by atoms with Crippen molar-refractivity contribution < 1.29 is 9.47 Å². The fraction of sp³-hybridized carbons (Fsp3) is 1.00. The Labute approximate surface area is 79.6 Å². The number of hydrogen-bond acceptors (Lipinski definition) is 3. The third-order valence-electron chi connectivity index (χ3n) is 3.21. The van der Waals surface area contributed by atoms with Crippen LogP contribution in [0.15, 0.2) is 0 Å². The van der Waals surface area contributed by atoms with Crippen molar-refractivity contribution in [3.05, 3.63) is 0 Å². The smallest absolute Gasteiger partial charge is 0.0827 e. The molecule has 2 rings (SSSR count). The largest absolute Gasteiger partial charge is 0.373 e. The highest BCUT2D eigenvalue weighted by molar-refractivity contribution is 4.92. The average molecular weight is 185 g/mol. The molecule has 2 saturated heterocycles. The first kappa shape index (κ1) is 9.44. The maximum absolute atomic E-state index is 6.24. The van der Waals surface area contributed by atoms with E-state index in [-0.39, 0.29) is 5.54 Å². The molecule has 3 nitrogen and oxygen atoms in total. The van der Waals surface area contributed by atoms with Crippen LogP contribution in [0.2, 0.25) is 0 Å². The van der Waals surface area contributed by atoms with Gasteiger partial charge < -0.3 is 15.2 Å². The summed E-state index contributed by atoms with van der Waals surface area (Å²) in [5.41, 5.74) is 6.15. The summed E-state index contributed by atoms with van der Waals surface area (Å²) in [7, 11) is 0. The molecule has 2 aliphatic heterocycles. The Morgan fingerprint density at radius 1 is 1.38 bits per heavy atom. The minimum atomic E-state index is -0.0902. The third-order valence-corrected chi connectivity index (χ3v) is 3.21. The molecule has 2 heterocycles. The Kier molecular flexibility index (Phi) is 2.34. The first-order valence-corrected chi connectivity index (χ1v) is 5.10. The lowest BCUT2D eigenvalue weighted by atomic mass is 9.81. The molecule has 0 spiro atoms. The van der Waals surface area contributed by atoms with Crippen LogP contribution in [0.5, 0.6) is 0 Å². The molecule has 2 fully saturated rings. The van der Waals surface area contributed by atoms with Crippen LogP contribution < -0.4 is 5.73 Å².